The van der Waals surface area contributed by atoms with Crippen molar-refractivity contribution in [1.29, 1.82) is 0 Å². The molecule has 3 heteroatoms. The topological polar surface area (TPSA) is 16.8 Å². The molecule has 2 nitrogen and oxygen atoms in total. The summed E-state index contributed by atoms with van der Waals surface area (Å²) in [5.74, 6) is 1.01. The van der Waals surface area contributed by atoms with Crippen LogP contribution in [0.3, 0.4) is 0 Å². The molecule has 3 aromatic rings. The first-order chi connectivity index (χ1) is 9.18. The Bertz CT molecular complexity index is 766. The van der Waals surface area contributed by atoms with Crippen molar-refractivity contribution < 1.29 is 4.57 Å². The number of para-hydroxylation sites is 1. The number of hydrogen-bond acceptors (Lipinski definition) is 1. The number of rotatable bonds is 1. The van der Waals surface area contributed by atoms with Gasteiger partial charge in [-0.05, 0) is 64.3 Å². The van der Waals surface area contributed by atoms with Gasteiger partial charge in [-0.2, -0.15) is 0 Å². The van der Waals surface area contributed by atoms with E-state index in [9.17, 15) is 0 Å². The zero-order valence-corrected chi connectivity index (χ0v) is 13.0. The molecule has 0 atom stereocenters. The molecule has 0 bridgehead atoms. The third-order valence-corrected chi connectivity index (χ3v) is 4.62. The molecular formula is C16H14IN2+. The van der Waals surface area contributed by atoms with E-state index in [1.54, 1.807) is 0 Å². The molecule has 0 saturated heterocycles. The van der Waals surface area contributed by atoms with E-state index in [-0.39, 0.29) is 0 Å². The number of benzene rings is 2. The van der Waals surface area contributed by atoms with Gasteiger partial charge in [0.15, 0.2) is 6.20 Å². The molecule has 0 fully saturated rings. The van der Waals surface area contributed by atoms with E-state index in [0.29, 0.717) is 0 Å². The molecule has 0 aliphatic heterocycles. The first-order valence-electron chi connectivity index (χ1n) is 6.18. The molecule has 94 valence electrons. The minimum Gasteiger partial charge on any atom is -0.226 e. The predicted molar refractivity (Wildman–Crippen MR) is 85.8 cm³/mol. The average molecular weight is 361 g/mol. The molecule has 19 heavy (non-hydrogen) atoms. The number of fused-ring (bicyclic) bond motifs is 1. The lowest BCUT2D eigenvalue weighted by Gasteiger charge is -2.06. The SMILES string of the molecule is Cc1c(I)cccc1-c1ncc2ccccc2[n+]1C. The van der Waals surface area contributed by atoms with Crippen LogP contribution in [0, 0.1) is 10.5 Å². The maximum Gasteiger partial charge on any atom is 0.330 e. The third kappa shape index (κ3) is 2.12. The standard InChI is InChI=1S/C16H14IN2/c1-11-13(7-5-8-14(11)17)16-18-10-12-6-3-4-9-15(12)19(16)2/h3-10H,1-2H3/q+1. The number of hydrogen-bond donors (Lipinski definition) is 0. The van der Waals surface area contributed by atoms with Crippen molar-refractivity contribution in [3.63, 3.8) is 0 Å². The molecule has 0 radical (unpaired) electrons. The van der Waals surface area contributed by atoms with Crippen molar-refractivity contribution in [3.05, 3.63) is 57.8 Å². The Balaban J connectivity index is 2.31. The summed E-state index contributed by atoms with van der Waals surface area (Å²) in [7, 11) is 2.07. The van der Waals surface area contributed by atoms with E-state index >= 15 is 0 Å². The van der Waals surface area contributed by atoms with Crippen LogP contribution in [0.1, 0.15) is 5.56 Å². The smallest absolute Gasteiger partial charge is 0.226 e. The van der Waals surface area contributed by atoms with Gasteiger partial charge in [0.05, 0.1) is 18.0 Å². The number of nitrogens with zero attached hydrogens (tertiary/aromatic N) is 2. The quantitative estimate of drug-likeness (QED) is 0.478. The first kappa shape index (κ1) is 12.5. The van der Waals surface area contributed by atoms with E-state index in [4.69, 9.17) is 0 Å². The van der Waals surface area contributed by atoms with Gasteiger partial charge in [0, 0.05) is 3.57 Å². The maximum atomic E-state index is 4.64. The summed E-state index contributed by atoms with van der Waals surface area (Å²) in [6, 6.07) is 14.7. The van der Waals surface area contributed by atoms with Crippen molar-refractivity contribution in [1.82, 2.24) is 4.98 Å². The highest BCUT2D eigenvalue weighted by molar-refractivity contribution is 14.1. The highest BCUT2D eigenvalue weighted by Gasteiger charge is 2.18. The lowest BCUT2D eigenvalue weighted by atomic mass is 10.1. The van der Waals surface area contributed by atoms with Crippen LogP contribution >= 0.6 is 22.6 Å². The number of aryl methyl sites for hydroxylation is 1. The van der Waals surface area contributed by atoms with E-state index in [1.807, 2.05) is 12.3 Å². The van der Waals surface area contributed by atoms with Gasteiger partial charge in [0.2, 0.25) is 0 Å². The normalized spacial score (nSPS) is 10.9. The first-order valence-corrected chi connectivity index (χ1v) is 7.25. The summed E-state index contributed by atoms with van der Waals surface area (Å²) >= 11 is 2.37. The molecule has 1 heterocycles. The van der Waals surface area contributed by atoms with Gasteiger partial charge in [-0.3, -0.25) is 0 Å². The summed E-state index contributed by atoms with van der Waals surface area (Å²) < 4.78 is 3.43. The highest BCUT2D eigenvalue weighted by Crippen LogP contribution is 2.23. The van der Waals surface area contributed by atoms with Gasteiger partial charge in [0.1, 0.15) is 5.52 Å². The van der Waals surface area contributed by atoms with Crippen LogP contribution in [0.15, 0.2) is 48.7 Å². The molecule has 1 aromatic heterocycles. The van der Waals surface area contributed by atoms with Crippen molar-refractivity contribution in [3.8, 4) is 11.4 Å². The van der Waals surface area contributed by atoms with E-state index in [1.165, 1.54) is 20.2 Å². The molecule has 0 unspecified atom stereocenters. The van der Waals surface area contributed by atoms with Crippen LogP contribution in [0.25, 0.3) is 22.3 Å². The van der Waals surface area contributed by atoms with Crippen LogP contribution in [0.4, 0.5) is 0 Å². The van der Waals surface area contributed by atoms with Crippen LogP contribution in [-0.4, -0.2) is 4.98 Å². The van der Waals surface area contributed by atoms with E-state index in [2.05, 4.69) is 82.5 Å². The summed E-state index contributed by atoms with van der Waals surface area (Å²) in [6.45, 7) is 2.15. The average Bonchev–Trinajstić information content (AvgIpc) is 2.43. The Morgan fingerprint density at radius 3 is 2.68 bits per heavy atom. The predicted octanol–water partition coefficient (Wildman–Crippen LogP) is 3.64. The Labute approximate surface area is 126 Å². The summed E-state index contributed by atoms with van der Waals surface area (Å²) in [5, 5.41) is 1.16. The molecule has 2 aromatic carbocycles. The largest absolute Gasteiger partial charge is 0.330 e. The minimum atomic E-state index is 1.01. The third-order valence-electron chi connectivity index (χ3n) is 3.45. The fraction of sp³-hybridized carbons (Fsp3) is 0.125. The van der Waals surface area contributed by atoms with Crippen molar-refractivity contribution >= 4 is 33.5 Å². The molecule has 0 N–H and O–H groups in total. The minimum absolute atomic E-state index is 1.01. The lowest BCUT2D eigenvalue weighted by Crippen LogP contribution is -2.33. The van der Waals surface area contributed by atoms with Crippen LogP contribution < -0.4 is 4.57 Å². The molecule has 0 spiro atoms. The van der Waals surface area contributed by atoms with E-state index in [0.717, 1.165) is 11.2 Å². The van der Waals surface area contributed by atoms with Crippen LogP contribution in [-0.2, 0) is 7.05 Å². The molecular weight excluding hydrogens is 347 g/mol. The fourth-order valence-corrected chi connectivity index (χ4v) is 2.83. The van der Waals surface area contributed by atoms with Gasteiger partial charge < -0.3 is 0 Å². The number of aromatic nitrogens is 2. The van der Waals surface area contributed by atoms with Gasteiger partial charge in [0.25, 0.3) is 0 Å². The lowest BCUT2D eigenvalue weighted by molar-refractivity contribution is -0.636. The Kier molecular flexibility index (Phi) is 3.22. The van der Waals surface area contributed by atoms with Gasteiger partial charge in [-0.25, -0.2) is 4.57 Å². The summed E-state index contributed by atoms with van der Waals surface area (Å²) in [5.41, 5.74) is 3.67. The van der Waals surface area contributed by atoms with Crippen molar-refractivity contribution in [2.45, 2.75) is 6.92 Å². The Morgan fingerprint density at radius 1 is 1.05 bits per heavy atom. The molecule has 0 aliphatic rings. The maximum absolute atomic E-state index is 4.64. The number of halogens is 1. The molecule has 3 rings (SSSR count). The van der Waals surface area contributed by atoms with Gasteiger partial charge >= 0.3 is 5.82 Å². The van der Waals surface area contributed by atoms with Crippen LogP contribution in [0.5, 0.6) is 0 Å². The van der Waals surface area contributed by atoms with Crippen molar-refractivity contribution in [2.75, 3.05) is 0 Å². The molecule has 0 amide bonds. The highest BCUT2D eigenvalue weighted by atomic mass is 127. The van der Waals surface area contributed by atoms with E-state index < -0.39 is 0 Å². The molecule has 0 saturated carbocycles. The summed E-state index contributed by atoms with van der Waals surface area (Å²) in [4.78, 5) is 4.64. The fourth-order valence-electron chi connectivity index (χ4n) is 2.33. The Hall–Kier alpha value is -1.49. The second-order valence-corrected chi connectivity index (χ2v) is 5.77. The summed E-state index contributed by atoms with van der Waals surface area (Å²) in [6.07, 6.45) is 1.95. The Morgan fingerprint density at radius 2 is 1.84 bits per heavy atom. The van der Waals surface area contributed by atoms with Crippen molar-refractivity contribution in [2.24, 2.45) is 7.05 Å². The zero-order valence-electron chi connectivity index (χ0n) is 10.9. The van der Waals surface area contributed by atoms with Crippen LogP contribution in [0.2, 0.25) is 0 Å². The second kappa shape index (κ2) is 4.89. The monoisotopic (exact) mass is 361 g/mol. The second-order valence-electron chi connectivity index (χ2n) is 4.61. The zero-order chi connectivity index (χ0) is 13.4. The van der Waals surface area contributed by atoms with Gasteiger partial charge in [-0.15, -0.1) is 0 Å². The molecule has 0 aliphatic carbocycles. The van der Waals surface area contributed by atoms with Gasteiger partial charge in [-0.1, -0.05) is 18.2 Å².